The molecule has 3 unspecified atom stereocenters. The van der Waals surface area contributed by atoms with Gasteiger partial charge >= 0.3 is 0 Å². The number of amides is 2. The van der Waals surface area contributed by atoms with Crippen molar-refractivity contribution in [2.24, 2.45) is 11.8 Å². The van der Waals surface area contributed by atoms with Crippen LogP contribution >= 0.6 is 0 Å². The number of likely N-dealkylation sites (tertiary alicyclic amines) is 2. The molecule has 1 aromatic carbocycles. The van der Waals surface area contributed by atoms with Gasteiger partial charge in [-0.2, -0.15) is 5.26 Å². The average Bonchev–Trinajstić information content (AvgIpc) is 2.70. The van der Waals surface area contributed by atoms with Crippen molar-refractivity contribution in [2.75, 3.05) is 45.9 Å². The van der Waals surface area contributed by atoms with Crippen molar-refractivity contribution in [2.45, 2.75) is 19.4 Å². The summed E-state index contributed by atoms with van der Waals surface area (Å²) < 4.78 is 5.62. The van der Waals surface area contributed by atoms with Gasteiger partial charge in [0.15, 0.2) is 0 Å². The molecule has 3 rings (SSSR count). The van der Waals surface area contributed by atoms with E-state index < -0.39 is 6.10 Å². The third-order valence-corrected chi connectivity index (χ3v) is 5.39. The van der Waals surface area contributed by atoms with Crippen molar-refractivity contribution >= 4 is 11.8 Å². The molecule has 2 bridgehead atoms. The second-order valence-electron chi connectivity index (χ2n) is 8.00. The first-order valence-corrected chi connectivity index (χ1v) is 9.98. The Kier molecular flexibility index (Phi) is 7.07. The number of piperidine rings is 2. The van der Waals surface area contributed by atoms with Crippen molar-refractivity contribution < 1.29 is 19.4 Å². The lowest BCUT2D eigenvalue weighted by Gasteiger charge is -2.46. The number of rotatable bonds is 7. The van der Waals surface area contributed by atoms with E-state index in [1.165, 1.54) is 6.92 Å². The van der Waals surface area contributed by atoms with Crippen LogP contribution in [-0.2, 0) is 9.59 Å². The summed E-state index contributed by atoms with van der Waals surface area (Å²) >= 11 is 0. The van der Waals surface area contributed by atoms with E-state index in [1.54, 1.807) is 24.3 Å². The maximum atomic E-state index is 12.3. The first-order chi connectivity index (χ1) is 13.9. The highest BCUT2D eigenvalue weighted by atomic mass is 16.5. The number of ether oxygens (including phenoxy) is 1. The minimum Gasteiger partial charge on any atom is -0.491 e. The van der Waals surface area contributed by atoms with Crippen LogP contribution in [0.5, 0.6) is 5.75 Å². The van der Waals surface area contributed by atoms with Crippen molar-refractivity contribution in [3.63, 3.8) is 0 Å². The fourth-order valence-electron chi connectivity index (χ4n) is 4.22. The zero-order chi connectivity index (χ0) is 20.8. The van der Waals surface area contributed by atoms with Gasteiger partial charge in [0.2, 0.25) is 11.8 Å². The van der Waals surface area contributed by atoms with Crippen LogP contribution in [0.3, 0.4) is 0 Å². The molecular formula is C21H28N4O4. The lowest BCUT2D eigenvalue weighted by molar-refractivity contribution is -0.136. The van der Waals surface area contributed by atoms with Crippen LogP contribution in [-0.4, -0.2) is 78.7 Å². The Morgan fingerprint density at radius 1 is 1.24 bits per heavy atom. The van der Waals surface area contributed by atoms with Gasteiger partial charge in [0.05, 0.1) is 18.2 Å². The van der Waals surface area contributed by atoms with E-state index in [4.69, 9.17) is 10.00 Å². The van der Waals surface area contributed by atoms with Gasteiger partial charge in [-0.1, -0.05) is 0 Å². The number of fused-ring (bicyclic) bond motifs is 2. The van der Waals surface area contributed by atoms with Crippen LogP contribution in [0.2, 0.25) is 0 Å². The number of hydrogen-bond donors (Lipinski definition) is 2. The van der Waals surface area contributed by atoms with E-state index in [2.05, 4.69) is 16.3 Å². The van der Waals surface area contributed by atoms with Crippen molar-refractivity contribution in [1.82, 2.24) is 15.1 Å². The van der Waals surface area contributed by atoms with E-state index in [9.17, 15) is 14.7 Å². The Bertz CT molecular complexity index is 747. The Balaban J connectivity index is 1.42. The van der Waals surface area contributed by atoms with E-state index in [1.807, 2.05) is 4.90 Å². The highest BCUT2D eigenvalue weighted by molar-refractivity contribution is 5.83. The van der Waals surface area contributed by atoms with Crippen molar-refractivity contribution in [1.29, 1.82) is 5.26 Å². The van der Waals surface area contributed by atoms with Gasteiger partial charge in [0.25, 0.3) is 0 Å². The molecule has 2 aliphatic rings. The van der Waals surface area contributed by atoms with Crippen LogP contribution in [0.15, 0.2) is 24.3 Å². The molecule has 29 heavy (non-hydrogen) atoms. The molecule has 0 saturated carbocycles. The fourth-order valence-corrected chi connectivity index (χ4v) is 4.22. The van der Waals surface area contributed by atoms with Gasteiger partial charge < -0.3 is 20.1 Å². The molecule has 8 heteroatoms. The zero-order valence-corrected chi connectivity index (χ0v) is 16.7. The summed E-state index contributed by atoms with van der Waals surface area (Å²) in [5.74, 6) is 1.18. The summed E-state index contributed by atoms with van der Waals surface area (Å²) in [4.78, 5) is 27.4. The molecule has 1 aromatic rings. The van der Waals surface area contributed by atoms with E-state index in [0.29, 0.717) is 42.8 Å². The summed E-state index contributed by atoms with van der Waals surface area (Å²) in [6, 6.07) is 8.88. The first kappa shape index (κ1) is 21.1. The van der Waals surface area contributed by atoms with Gasteiger partial charge in [-0.3, -0.25) is 14.5 Å². The highest BCUT2D eigenvalue weighted by Crippen LogP contribution is 2.28. The van der Waals surface area contributed by atoms with Crippen LogP contribution in [0, 0.1) is 23.2 Å². The molecule has 0 radical (unpaired) electrons. The van der Waals surface area contributed by atoms with Gasteiger partial charge in [-0.15, -0.1) is 0 Å². The summed E-state index contributed by atoms with van der Waals surface area (Å²) in [5.41, 5.74) is 0.572. The molecule has 8 nitrogen and oxygen atoms in total. The number of β-amino-alcohol motifs (C(OH)–C–C–N with tert-alkyl or cyclic N) is 1. The molecule has 0 aliphatic carbocycles. The molecular weight excluding hydrogens is 372 g/mol. The Morgan fingerprint density at radius 3 is 2.48 bits per heavy atom. The predicted molar refractivity (Wildman–Crippen MR) is 106 cm³/mol. The Labute approximate surface area is 171 Å². The number of benzene rings is 1. The fraction of sp³-hybridized carbons (Fsp3) is 0.571. The largest absolute Gasteiger partial charge is 0.491 e. The molecule has 2 heterocycles. The lowest BCUT2D eigenvalue weighted by atomic mass is 9.84. The van der Waals surface area contributed by atoms with Gasteiger partial charge in [0.1, 0.15) is 18.5 Å². The quantitative estimate of drug-likeness (QED) is 0.678. The monoisotopic (exact) mass is 400 g/mol. The number of nitrogens with one attached hydrogen (secondary N) is 1. The second kappa shape index (κ2) is 9.72. The third kappa shape index (κ3) is 6.17. The van der Waals surface area contributed by atoms with Crippen LogP contribution in [0.4, 0.5) is 0 Å². The Morgan fingerprint density at radius 2 is 1.90 bits per heavy atom. The smallest absolute Gasteiger partial charge is 0.241 e. The first-order valence-electron chi connectivity index (χ1n) is 9.98. The van der Waals surface area contributed by atoms with Crippen LogP contribution < -0.4 is 10.1 Å². The van der Waals surface area contributed by atoms with E-state index in [-0.39, 0.29) is 25.0 Å². The summed E-state index contributed by atoms with van der Waals surface area (Å²) in [6.07, 6.45) is 0.486. The summed E-state index contributed by atoms with van der Waals surface area (Å²) in [6.45, 7) is 5.27. The lowest BCUT2D eigenvalue weighted by Crippen LogP contribution is -2.56. The van der Waals surface area contributed by atoms with Crippen LogP contribution in [0.1, 0.15) is 18.9 Å². The van der Waals surface area contributed by atoms with Gasteiger partial charge in [-0.25, -0.2) is 0 Å². The molecule has 2 saturated heterocycles. The maximum Gasteiger partial charge on any atom is 0.241 e. The number of aliphatic hydroxyl groups is 1. The molecule has 2 amide bonds. The summed E-state index contributed by atoms with van der Waals surface area (Å²) in [7, 11) is 0. The molecule has 0 spiro atoms. The zero-order valence-electron chi connectivity index (χ0n) is 16.7. The molecule has 3 atom stereocenters. The number of nitrogens with zero attached hydrogens (tertiary/aromatic N) is 3. The SMILES string of the molecule is CC(=O)NCC(=O)N1CC2CC(CN(CC(O)COc3ccc(C#N)cc3)C2)C1. The predicted octanol–water partition coefficient (Wildman–Crippen LogP) is 0.214. The average molecular weight is 400 g/mol. The van der Waals surface area contributed by atoms with Crippen molar-refractivity contribution in [3.05, 3.63) is 29.8 Å². The number of nitriles is 1. The molecule has 2 aliphatic heterocycles. The minimum atomic E-state index is -0.609. The number of hydrogen-bond acceptors (Lipinski definition) is 6. The minimum absolute atomic E-state index is 0.0285. The number of carbonyl (C=O) groups excluding carboxylic acids is 2. The maximum absolute atomic E-state index is 12.3. The third-order valence-electron chi connectivity index (χ3n) is 5.39. The van der Waals surface area contributed by atoms with Gasteiger partial charge in [0, 0.05) is 39.6 Å². The molecule has 156 valence electrons. The Hall–Kier alpha value is -2.63. The highest BCUT2D eigenvalue weighted by Gasteiger charge is 2.36. The molecule has 2 fully saturated rings. The topological polar surface area (TPSA) is 106 Å². The standard InChI is InChI=1S/C21H28N4O4/c1-15(26)23-8-21(28)25-11-17-6-18(12-25)10-24(9-17)13-19(27)14-29-20-4-2-16(7-22)3-5-20/h2-5,17-19,27H,6,8-14H2,1H3,(H,23,26). The van der Waals surface area contributed by atoms with E-state index >= 15 is 0 Å². The normalized spacial score (nSPS) is 22.4. The van der Waals surface area contributed by atoms with Crippen LogP contribution in [0.25, 0.3) is 0 Å². The molecule has 0 aromatic heterocycles. The van der Waals surface area contributed by atoms with Crippen molar-refractivity contribution in [3.8, 4) is 11.8 Å². The summed E-state index contributed by atoms with van der Waals surface area (Å²) in [5, 5.41) is 21.8. The molecule has 2 N–H and O–H groups in total. The number of carbonyl (C=O) groups is 2. The van der Waals surface area contributed by atoms with Gasteiger partial charge in [-0.05, 0) is 42.5 Å². The van der Waals surface area contributed by atoms with E-state index in [0.717, 1.165) is 19.5 Å². The second-order valence-corrected chi connectivity index (χ2v) is 8.00. The number of aliphatic hydroxyl groups excluding tert-OH is 1.